The van der Waals surface area contributed by atoms with Crippen LogP contribution in [0.25, 0.3) is 0 Å². The number of hydrogen-bond acceptors (Lipinski definition) is 14. The lowest BCUT2D eigenvalue weighted by atomic mass is 10.1. The second-order valence-corrected chi connectivity index (χ2v) is 20.1. The van der Waals surface area contributed by atoms with Crippen molar-refractivity contribution in [1.82, 2.24) is 4.98 Å². The molecule has 6 aromatic rings. The highest BCUT2D eigenvalue weighted by Crippen LogP contribution is 2.29. The van der Waals surface area contributed by atoms with E-state index in [1.807, 2.05) is 6.07 Å². The average Bonchev–Trinajstić information content (AvgIpc) is 4.07. The molecule has 0 fully saturated rings. The van der Waals surface area contributed by atoms with E-state index >= 15 is 0 Å². The standard InChI is InChI=1S/C67H79NO14/c1-3-5-7-9-15-19-43-75-55-31-23-51(24-32-55)63(70)79-57-35-27-53(28-36-57)65(72)81-59-39-40-61(60(48-59)67(74)78-46-22-18-14-12-11-13-17-21-45-77-62(69)47-50-41-42-68-49-50)82-66(73)54-29-37-58(38-30-54)80-64(71)52-25-33-56(34-26-52)76-44-20-16-10-8-6-4-2/h23-42,48-49,68H,3-22,43-47H2,1-2H3. The Labute approximate surface area is 482 Å². The van der Waals surface area contributed by atoms with E-state index in [-0.39, 0.29) is 58.7 Å². The van der Waals surface area contributed by atoms with E-state index < -0.39 is 29.8 Å². The monoisotopic (exact) mass is 1120 g/mol. The number of carbonyl (C=O) groups is 6. The van der Waals surface area contributed by atoms with Gasteiger partial charge in [0.25, 0.3) is 0 Å². The fourth-order valence-corrected chi connectivity index (χ4v) is 8.69. The molecule has 0 bridgehead atoms. The first-order valence-electron chi connectivity index (χ1n) is 29.2. The molecule has 82 heavy (non-hydrogen) atoms. The number of rotatable bonds is 38. The van der Waals surface area contributed by atoms with E-state index in [1.54, 1.807) is 60.9 Å². The first kappa shape index (κ1) is 63.0. The molecule has 0 aliphatic rings. The normalized spacial score (nSPS) is 10.9. The number of hydrogen-bond donors (Lipinski definition) is 1. The van der Waals surface area contributed by atoms with Crippen molar-refractivity contribution in [2.75, 3.05) is 26.4 Å². The van der Waals surface area contributed by atoms with Crippen LogP contribution in [0, 0.1) is 0 Å². The Balaban J connectivity index is 0.994. The second-order valence-electron chi connectivity index (χ2n) is 20.1. The van der Waals surface area contributed by atoms with Gasteiger partial charge < -0.3 is 42.9 Å². The lowest BCUT2D eigenvalue weighted by Gasteiger charge is -2.13. The third kappa shape index (κ3) is 23.1. The van der Waals surface area contributed by atoms with Gasteiger partial charge in [0.05, 0.1) is 55.1 Å². The maximum absolute atomic E-state index is 13.7. The van der Waals surface area contributed by atoms with E-state index in [0.717, 1.165) is 76.2 Å². The number of carbonyl (C=O) groups excluding carboxylic acids is 6. The fourth-order valence-electron chi connectivity index (χ4n) is 8.69. The number of nitrogens with one attached hydrogen (secondary N) is 1. The maximum atomic E-state index is 13.7. The molecule has 0 aliphatic carbocycles. The van der Waals surface area contributed by atoms with Gasteiger partial charge >= 0.3 is 35.8 Å². The molecule has 5 aromatic carbocycles. The molecule has 0 saturated carbocycles. The van der Waals surface area contributed by atoms with Crippen molar-refractivity contribution in [3.05, 3.63) is 167 Å². The Morgan fingerprint density at radius 1 is 0.354 bits per heavy atom. The van der Waals surface area contributed by atoms with Gasteiger partial charge in [-0.25, -0.2) is 24.0 Å². The molecule has 0 spiro atoms. The number of aromatic amines is 1. The lowest BCUT2D eigenvalue weighted by Crippen LogP contribution is -2.15. The van der Waals surface area contributed by atoms with Crippen molar-refractivity contribution in [3.63, 3.8) is 0 Å². The summed E-state index contributed by atoms with van der Waals surface area (Å²) in [6.45, 7) is 6.10. The van der Waals surface area contributed by atoms with Crippen LogP contribution in [0.2, 0.25) is 0 Å². The number of H-pyrrole nitrogens is 1. The quantitative estimate of drug-likeness (QED) is 0.0219. The summed E-state index contributed by atoms with van der Waals surface area (Å²) in [5.74, 6) is -2.20. The largest absolute Gasteiger partial charge is 0.494 e. The minimum Gasteiger partial charge on any atom is -0.494 e. The van der Waals surface area contributed by atoms with Gasteiger partial charge in [-0.05, 0) is 153 Å². The lowest BCUT2D eigenvalue weighted by molar-refractivity contribution is -0.143. The second kappa shape index (κ2) is 36.2. The van der Waals surface area contributed by atoms with Crippen molar-refractivity contribution in [2.24, 2.45) is 0 Å². The van der Waals surface area contributed by atoms with Crippen molar-refractivity contribution in [3.8, 4) is 34.5 Å². The number of unbranched alkanes of at least 4 members (excludes halogenated alkanes) is 17. The van der Waals surface area contributed by atoms with Crippen LogP contribution in [-0.4, -0.2) is 67.2 Å². The number of ether oxygens (including phenoxy) is 8. The molecule has 15 nitrogen and oxygen atoms in total. The molecule has 0 amide bonds. The van der Waals surface area contributed by atoms with Gasteiger partial charge in [0.15, 0.2) is 0 Å². The van der Waals surface area contributed by atoms with Crippen LogP contribution in [-0.2, 0) is 20.7 Å². The summed E-state index contributed by atoms with van der Waals surface area (Å²) in [6.07, 6.45) is 24.9. The molecule has 0 radical (unpaired) electrons. The van der Waals surface area contributed by atoms with Crippen molar-refractivity contribution in [2.45, 2.75) is 149 Å². The van der Waals surface area contributed by atoms with E-state index in [1.165, 1.54) is 118 Å². The number of benzene rings is 5. The van der Waals surface area contributed by atoms with Crippen molar-refractivity contribution in [1.29, 1.82) is 0 Å². The fraction of sp³-hybridized carbons (Fsp3) is 0.403. The minimum absolute atomic E-state index is 0.0250. The number of esters is 6. The van der Waals surface area contributed by atoms with E-state index in [9.17, 15) is 28.8 Å². The zero-order valence-electron chi connectivity index (χ0n) is 47.6. The van der Waals surface area contributed by atoms with Crippen LogP contribution in [0.5, 0.6) is 34.5 Å². The molecule has 0 unspecified atom stereocenters. The molecule has 6 rings (SSSR count). The van der Waals surface area contributed by atoms with Crippen LogP contribution in [0.4, 0.5) is 0 Å². The first-order chi connectivity index (χ1) is 40.1. The van der Waals surface area contributed by atoms with Crippen molar-refractivity contribution >= 4 is 35.8 Å². The van der Waals surface area contributed by atoms with Gasteiger partial charge in [0.2, 0.25) is 0 Å². The summed E-state index contributed by atoms with van der Waals surface area (Å²) in [7, 11) is 0. The molecular formula is C67H79NO14. The molecular weight excluding hydrogens is 1040 g/mol. The van der Waals surface area contributed by atoms with E-state index in [4.69, 9.17) is 37.9 Å². The van der Waals surface area contributed by atoms with Gasteiger partial charge in [-0.2, -0.15) is 0 Å². The van der Waals surface area contributed by atoms with Crippen LogP contribution in [0.15, 0.2) is 134 Å². The number of aromatic nitrogens is 1. The zero-order chi connectivity index (χ0) is 58.0. The summed E-state index contributed by atoms with van der Waals surface area (Å²) in [6, 6.07) is 30.9. The first-order valence-corrected chi connectivity index (χ1v) is 29.2. The molecule has 0 atom stereocenters. The summed E-state index contributed by atoms with van der Waals surface area (Å²) >= 11 is 0. The summed E-state index contributed by atoms with van der Waals surface area (Å²) in [4.78, 5) is 81.5. The van der Waals surface area contributed by atoms with Gasteiger partial charge in [-0.15, -0.1) is 0 Å². The maximum Gasteiger partial charge on any atom is 0.343 e. The van der Waals surface area contributed by atoms with Crippen LogP contribution >= 0.6 is 0 Å². The Morgan fingerprint density at radius 2 is 0.720 bits per heavy atom. The third-order valence-electron chi connectivity index (χ3n) is 13.4. The topological polar surface area (TPSA) is 192 Å². The summed E-state index contributed by atoms with van der Waals surface area (Å²) in [5, 5.41) is 0. The minimum atomic E-state index is -0.813. The van der Waals surface area contributed by atoms with Gasteiger partial charge in [-0.3, -0.25) is 4.79 Å². The Bertz CT molecular complexity index is 2860. The van der Waals surface area contributed by atoms with Gasteiger partial charge in [0, 0.05) is 12.4 Å². The molecule has 1 N–H and O–H groups in total. The smallest absolute Gasteiger partial charge is 0.343 e. The van der Waals surface area contributed by atoms with Crippen molar-refractivity contribution < 1.29 is 66.7 Å². The molecule has 0 aliphatic heterocycles. The van der Waals surface area contributed by atoms with Gasteiger partial charge in [-0.1, -0.05) is 117 Å². The average molecular weight is 1120 g/mol. The summed E-state index contributed by atoms with van der Waals surface area (Å²) in [5.41, 5.74) is 1.63. The van der Waals surface area contributed by atoms with Crippen LogP contribution in [0.3, 0.4) is 0 Å². The molecule has 15 heteroatoms. The zero-order valence-corrected chi connectivity index (χ0v) is 47.6. The molecule has 0 saturated heterocycles. The predicted octanol–water partition coefficient (Wildman–Crippen LogP) is 15.4. The Morgan fingerprint density at radius 3 is 1.15 bits per heavy atom. The van der Waals surface area contributed by atoms with E-state index in [0.29, 0.717) is 48.9 Å². The highest BCUT2D eigenvalue weighted by atomic mass is 16.6. The van der Waals surface area contributed by atoms with Crippen LogP contribution in [0.1, 0.15) is 200 Å². The Hall–Kier alpha value is -8.20. The third-order valence-corrected chi connectivity index (χ3v) is 13.4. The highest BCUT2D eigenvalue weighted by molar-refractivity contribution is 5.98. The van der Waals surface area contributed by atoms with Gasteiger partial charge in [0.1, 0.15) is 40.1 Å². The molecule has 436 valence electrons. The predicted molar refractivity (Wildman–Crippen MR) is 312 cm³/mol. The molecule has 1 aromatic heterocycles. The molecule has 1 heterocycles. The highest BCUT2D eigenvalue weighted by Gasteiger charge is 2.22. The SMILES string of the molecule is CCCCCCCCOc1ccc(C(=O)Oc2ccc(C(=O)Oc3ccc(OC(=O)c4ccc(OC(=O)c5ccc(OCCCCCCCC)cc5)cc4)c(C(=O)OCCCCCCCCCCOC(=O)Cc4cc[nH]c4)c3)cc2)cc1. The van der Waals surface area contributed by atoms with E-state index in [2.05, 4.69) is 18.8 Å². The Kier molecular flexibility index (Phi) is 27.8. The van der Waals surface area contributed by atoms with Crippen LogP contribution < -0.4 is 28.4 Å². The summed E-state index contributed by atoms with van der Waals surface area (Å²) < 4.78 is 45.2.